The summed E-state index contributed by atoms with van der Waals surface area (Å²) in [5.41, 5.74) is 0. The molecule has 0 saturated heterocycles. The van der Waals surface area contributed by atoms with Crippen molar-refractivity contribution in [2.24, 2.45) is 5.92 Å². The van der Waals surface area contributed by atoms with Crippen molar-refractivity contribution in [3.8, 4) is 0 Å². The third-order valence-corrected chi connectivity index (χ3v) is 7.05. The topological polar surface area (TPSA) is 66.4 Å². The molecule has 0 aromatic heterocycles. The van der Waals surface area contributed by atoms with Gasteiger partial charge in [0.1, 0.15) is 0 Å². The normalized spacial score (nSPS) is 12.6. The Kier molecular flexibility index (Phi) is 31.2. The van der Waals surface area contributed by atoms with Crippen molar-refractivity contribution in [1.29, 1.82) is 0 Å². The molecule has 6 heteroatoms. The molecule has 33 heavy (non-hydrogen) atoms. The zero-order valence-corrected chi connectivity index (χ0v) is 26.5. The zero-order valence-electron chi connectivity index (χ0n) is 22.6. The summed E-state index contributed by atoms with van der Waals surface area (Å²) in [6.07, 6.45) is 29.5. The summed E-state index contributed by atoms with van der Waals surface area (Å²) in [6.45, 7) is 4.56. The fourth-order valence-corrected chi connectivity index (χ4v) is 4.87. The second-order valence-corrected chi connectivity index (χ2v) is 10.9. The van der Waals surface area contributed by atoms with Crippen molar-refractivity contribution in [3.63, 3.8) is 0 Å². The largest absolute Gasteiger partial charge is 1.00 e. The number of hydrogen-bond donors (Lipinski definition) is 0. The molecule has 0 aliphatic heterocycles. The van der Waals surface area contributed by atoms with Crippen LogP contribution in [0.1, 0.15) is 162 Å². The van der Waals surface area contributed by atoms with Crippen molar-refractivity contribution in [3.05, 3.63) is 0 Å². The maximum absolute atomic E-state index is 10.8. The quantitative estimate of drug-likeness (QED) is 0.0606. The molecule has 4 nitrogen and oxygen atoms in total. The maximum atomic E-state index is 10.8. The van der Waals surface area contributed by atoms with E-state index in [0.29, 0.717) is 0 Å². The van der Waals surface area contributed by atoms with Crippen molar-refractivity contribution in [2.75, 3.05) is 6.61 Å². The van der Waals surface area contributed by atoms with Gasteiger partial charge in [-0.15, -0.1) is 0 Å². The van der Waals surface area contributed by atoms with E-state index in [4.69, 9.17) is 0 Å². The van der Waals surface area contributed by atoms with Crippen LogP contribution < -0.4 is 51.4 Å². The molecule has 1 atom stereocenters. The van der Waals surface area contributed by atoms with E-state index in [1.165, 1.54) is 122 Å². The number of unbranched alkanes of at least 4 members (excludes halogenated alkanes) is 19. The third kappa shape index (κ3) is 31.5. The van der Waals surface area contributed by atoms with Crippen molar-refractivity contribution >= 4 is 10.4 Å². The van der Waals surface area contributed by atoms with Gasteiger partial charge in [0.25, 0.3) is 0 Å². The summed E-state index contributed by atoms with van der Waals surface area (Å²) in [5, 5.41) is 0. The number of rotatable bonds is 26. The van der Waals surface area contributed by atoms with Gasteiger partial charge in [-0.2, -0.15) is 0 Å². The Bertz CT molecular complexity index is 471. The predicted molar refractivity (Wildman–Crippen MR) is 137 cm³/mol. The summed E-state index contributed by atoms with van der Waals surface area (Å²) < 4.78 is 37.0. The average molecular weight is 515 g/mol. The summed E-state index contributed by atoms with van der Waals surface area (Å²) in [4.78, 5) is 0. The van der Waals surface area contributed by atoms with Crippen LogP contribution in [0.3, 0.4) is 0 Å². The molecule has 0 saturated carbocycles. The van der Waals surface area contributed by atoms with Crippen molar-refractivity contribution in [2.45, 2.75) is 162 Å². The van der Waals surface area contributed by atoms with Gasteiger partial charge in [0.2, 0.25) is 10.4 Å². The van der Waals surface area contributed by atoms with E-state index in [-0.39, 0.29) is 63.9 Å². The minimum absolute atomic E-state index is 0. The molecule has 0 amide bonds. The minimum Gasteiger partial charge on any atom is -0.726 e. The predicted octanol–water partition coefficient (Wildman–Crippen LogP) is 6.10. The third-order valence-electron chi connectivity index (χ3n) is 6.63. The zero-order chi connectivity index (χ0) is 23.8. The Labute approximate surface area is 250 Å². The standard InChI is InChI=1S/C27H56O4S.K/c1-3-5-7-9-11-12-13-14-15-16-17-18-19-21-23-25-27(26-31-32(28,29)30)24-22-20-10-8-6-4-2;/h27H,3-26H2,1-2H3,(H,28,29,30);/q;+1/p-1. The van der Waals surface area contributed by atoms with Gasteiger partial charge in [0.05, 0.1) is 6.61 Å². The van der Waals surface area contributed by atoms with E-state index in [1.54, 1.807) is 0 Å². The molecule has 0 heterocycles. The average Bonchev–Trinajstić information content (AvgIpc) is 2.75. The summed E-state index contributed by atoms with van der Waals surface area (Å²) in [5.74, 6) is 0.201. The van der Waals surface area contributed by atoms with Crippen LogP contribution in [0.2, 0.25) is 0 Å². The summed E-state index contributed by atoms with van der Waals surface area (Å²) in [6, 6.07) is 0. The molecule has 1 unspecified atom stereocenters. The van der Waals surface area contributed by atoms with Crippen LogP contribution in [-0.4, -0.2) is 19.6 Å². The number of hydrogen-bond acceptors (Lipinski definition) is 4. The molecular formula is C27H55KO4S. The Morgan fingerprint density at radius 2 is 0.818 bits per heavy atom. The maximum Gasteiger partial charge on any atom is 1.00 e. The van der Waals surface area contributed by atoms with Crippen LogP contribution in [0.15, 0.2) is 0 Å². The fraction of sp³-hybridized carbons (Fsp3) is 1.00. The molecule has 0 N–H and O–H groups in total. The smallest absolute Gasteiger partial charge is 0.726 e. The Morgan fingerprint density at radius 1 is 0.545 bits per heavy atom. The molecule has 0 radical (unpaired) electrons. The molecule has 194 valence electrons. The second-order valence-electron chi connectivity index (χ2n) is 9.85. The summed E-state index contributed by atoms with van der Waals surface area (Å²) in [7, 11) is -4.57. The van der Waals surface area contributed by atoms with Gasteiger partial charge < -0.3 is 4.55 Å². The molecule has 0 aliphatic carbocycles. The monoisotopic (exact) mass is 514 g/mol. The first-order valence-corrected chi connectivity index (χ1v) is 15.4. The van der Waals surface area contributed by atoms with Crippen LogP contribution in [0.25, 0.3) is 0 Å². The van der Waals surface area contributed by atoms with Crippen LogP contribution in [0.5, 0.6) is 0 Å². The summed E-state index contributed by atoms with van der Waals surface area (Å²) >= 11 is 0. The van der Waals surface area contributed by atoms with Gasteiger partial charge >= 0.3 is 51.4 Å². The second kappa shape index (κ2) is 28.1. The van der Waals surface area contributed by atoms with Gasteiger partial charge in [-0.3, -0.25) is 4.18 Å². The van der Waals surface area contributed by atoms with E-state index in [9.17, 15) is 13.0 Å². The molecule has 0 aromatic rings. The van der Waals surface area contributed by atoms with Gasteiger partial charge in [0.15, 0.2) is 0 Å². The van der Waals surface area contributed by atoms with E-state index in [0.717, 1.165) is 25.7 Å². The minimum atomic E-state index is -4.57. The Balaban J connectivity index is 0. The fourth-order valence-electron chi connectivity index (χ4n) is 4.51. The molecule has 0 spiro atoms. The first kappa shape index (κ1) is 36.7. The van der Waals surface area contributed by atoms with E-state index in [1.807, 2.05) is 0 Å². The molecule has 0 fully saturated rings. The van der Waals surface area contributed by atoms with E-state index >= 15 is 0 Å². The first-order chi connectivity index (χ1) is 15.5. The van der Waals surface area contributed by atoms with E-state index in [2.05, 4.69) is 18.0 Å². The van der Waals surface area contributed by atoms with Crippen molar-refractivity contribution < 1.29 is 68.5 Å². The van der Waals surface area contributed by atoms with Crippen molar-refractivity contribution in [1.82, 2.24) is 0 Å². The van der Waals surface area contributed by atoms with Gasteiger partial charge in [-0.25, -0.2) is 8.42 Å². The molecule has 0 aromatic carbocycles. The molecule has 0 rings (SSSR count). The molecule has 0 bridgehead atoms. The van der Waals surface area contributed by atoms with Crippen LogP contribution in [0, 0.1) is 5.92 Å². The van der Waals surface area contributed by atoms with Crippen LogP contribution >= 0.6 is 0 Å². The molecular weight excluding hydrogens is 459 g/mol. The Hall–Kier alpha value is 1.51. The van der Waals surface area contributed by atoms with Gasteiger partial charge in [-0.1, -0.05) is 149 Å². The SMILES string of the molecule is CCCCCCCCCCCCCCCCCC(CCCCCCCC)COS(=O)(=O)[O-].[K+]. The van der Waals surface area contributed by atoms with Crippen LogP contribution in [-0.2, 0) is 14.6 Å². The van der Waals surface area contributed by atoms with Crippen LogP contribution in [0.4, 0.5) is 0 Å². The Morgan fingerprint density at radius 3 is 1.09 bits per heavy atom. The first-order valence-electron chi connectivity index (χ1n) is 14.1. The van der Waals surface area contributed by atoms with Gasteiger partial charge in [0, 0.05) is 0 Å². The van der Waals surface area contributed by atoms with Gasteiger partial charge in [-0.05, 0) is 18.8 Å². The molecule has 0 aliphatic rings. The van der Waals surface area contributed by atoms with E-state index < -0.39 is 10.4 Å².